The quantitative estimate of drug-likeness (QED) is 0.581. The van der Waals surface area contributed by atoms with Gasteiger partial charge in [0.2, 0.25) is 0 Å². The van der Waals surface area contributed by atoms with Crippen molar-refractivity contribution in [2.24, 2.45) is 5.73 Å². The van der Waals surface area contributed by atoms with Gasteiger partial charge in [-0.15, -0.1) is 12.4 Å². The lowest BCUT2D eigenvalue weighted by atomic mass is 10.00. The Morgan fingerprint density at radius 3 is 2.58 bits per heavy atom. The van der Waals surface area contributed by atoms with Gasteiger partial charge in [-0.25, -0.2) is 4.79 Å². The maximum absolute atomic E-state index is 13.6. The number of hydrogen-bond donors (Lipinski definition) is 3. The molecule has 0 heterocycles. The minimum Gasteiger partial charge on any atom is -0.504 e. The van der Waals surface area contributed by atoms with Crippen LogP contribution in [0.5, 0.6) is 11.5 Å². The van der Waals surface area contributed by atoms with E-state index in [0.29, 0.717) is 0 Å². The predicted molar refractivity (Wildman–Crippen MR) is 65.5 cm³/mol. The molecule has 0 amide bonds. The van der Waals surface area contributed by atoms with Gasteiger partial charge in [0, 0.05) is 5.56 Å². The smallest absolute Gasteiger partial charge is 0.379 e. The van der Waals surface area contributed by atoms with Crippen molar-refractivity contribution in [1.82, 2.24) is 0 Å². The SMILES string of the molecule is CCOC(=O)C(F)(F)[C@H](N)c1cccc(O)c1O.Cl. The number of esters is 1. The van der Waals surface area contributed by atoms with Crippen LogP contribution in [-0.2, 0) is 9.53 Å². The maximum Gasteiger partial charge on any atom is 0.379 e. The van der Waals surface area contributed by atoms with Crippen LogP contribution < -0.4 is 5.73 Å². The molecule has 8 heteroatoms. The fraction of sp³-hybridized carbons (Fsp3) is 0.364. The highest BCUT2D eigenvalue weighted by Crippen LogP contribution is 2.38. The van der Waals surface area contributed by atoms with E-state index in [1.54, 1.807) is 0 Å². The standard InChI is InChI=1S/C11H13F2NO4.ClH/c1-2-18-10(17)11(12,13)9(14)6-4-3-5-7(15)8(6)16;/h3-5,9,15-16H,2,14H2,1H3;1H/t9-;/m1./s1. The summed E-state index contributed by atoms with van der Waals surface area (Å²) >= 11 is 0. The van der Waals surface area contributed by atoms with Crippen molar-refractivity contribution in [1.29, 1.82) is 0 Å². The van der Waals surface area contributed by atoms with Crippen LogP contribution >= 0.6 is 12.4 Å². The van der Waals surface area contributed by atoms with E-state index in [4.69, 9.17) is 5.73 Å². The highest BCUT2D eigenvalue weighted by molar-refractivity contribution is 5.85. The number of aromatic hydroxyl groups is 2. The molecular weight excluding hydrogens is 284 g/mol. The molecule has 0 aliphatic heterocycles. The average Bonchev–Trinajstić information content (AvgIpc) is 2.32. The Labute approximate surface area is 114 Å². The zero-order valence-electron chi connectivity index (χ0n) is 9.97. The van der Waals surface area contributed by atoms with Gasteiger partial charge in [-0.05, 0) is 13.0 Å². The van der Waals surface area contributed by atoms with E-state index in [1.165, 1.54) is 13.0 Å². The molecule has 4 N–H and O–H groups in total. The zero-order valence-corrected chi connectivity index (χ0v) is 10.8. The largest absolute Gasteiger partial charge is 0.504 e. The molecule has 1 aromatic carbocycles. The van der Waals surface area contributed by atoms with E-state index in [9.17, 15) is 23.8 Å². The van der Waals surface area contributed by atoms with Crippen LogP contribution in [-0.4, -0.2) is 28.7 Å². The lowest BCUT2D eigenvalue weighted by molar-refractivity contribution is -0.174. The van der Waals surface area contributed by atoms with Gasteiger partial charge in [-0.2, -0.15) is 8.78 Å². The van der Waals surface area contributed by atoms with Crippen LogP contribution in [0.15, 0.2) is 18.2 Å². The summed E-state index contributed by atoms with van der Waals surface area (Å²) in [4.78, 5) is 11.1. The summed E-state index contributed by atoms with van der Waals surface area (Å²) in [5, 5.41) is 18.6. The number of phenolic OH excluding ortho intramolecular Hbond substituents is 2. The molecule has 0 unspecified atom stereocenters. The Balaban J connectivity index is 0.00000324. The molecule has 5 nitrogen and oxygen atoms in total. The first kappa shape index (κ1) is 17.4. The summed E-state index contributed by atoms with van der Waals surface area (Å²) in [6.07, 6.45) is 0. The Morgan fingerprint density at radius 1 is 1.47 bits per heavy atom. The Bertz CT molecular complexity index is 456. The molecule has 1 atom stereocenters. The fourth-order valence-electron chi connectivity index (χ4n) is 1.35. The monoisotopic (exact) mass is 297 g/mol. The number of benzene rings is 1. The lowest BCUT2D eigenvalue weighted by Gasteiger charge is -2.22. The van der Waals surface area contributed by atoms with Crippen molar-refractivity contribution in [3.8, 4) is 11.5 Å². The molecule has 19 heavy (non-hydrogen) atoms. The van der Waals surface area contributed by atoms with E-state index in [-0.39, 0.29) is 19.0 Å². The minimum absolute atomic E-state index is 0. The molecule has 1 aromatic rings. The first-order chi connectivity index (χ1) is 8.32. The number of carbonyl (C=O) groups is 1. The summed E-state index contributed by atoms with van der Waals surface area (Å²) in [5.41, 5.74) is 4.81. The van der Waals surface area contributed by atoms with Crippen LogP contribution in [0, 0.1) is 0 Å². The number of alkyl halides is 2. The number of ether oxygens (including phenoxy) is 1. The number of rotatable bonds is 4. The van der Waals surface area contributed by atoms with E-state index >= 15 is 0 Å². The van der Waals surface area contributed by atoms with Crippen molar-refractivity contribution in [3.05, 3.63) is 23.8 Å². The molecule has 0 aromatic heterocycles. The molecule has 0 aliphatic carbocycles. The molecule has 0 fully saturated rings. The second kappa shape index (κ2) is 6.53. The molecule has 0 radical (unpaired) electrons. The zero-order chi connectivity index (χ0) is 13.9. The molecule has 0 spiro atoms. The van der Waals surface area contributed by atoms with Gasteiger partial charge in [-0.1, -0.05) is 12.1 Å². The van der Waals surface area contributed by atoms with Crippen LogP contribution in [0.25, 0.3) is 0 Å². The van der Waals surface area contributed by atoms with Crippen molar-refractivity contribution in [2.75, 3.05) is 6.61 Å². The number of para-hydroxylation sites is 1. The first-order valence-corrected chi connectivity index (χ1v) is 5.13. The molecule has 1 rings (SSSR count). The normalized spacial score (nSPS) is 12.4. The summed E-state index contributed by atoms with van der Waals surface area (Å²) in [6.45, 7) is 1.17. The van der Waals surface area contributed by atoms with E-state index in [2.05, 4.69) is 4.74 Å². The van der Waals surface area contributed by atoms with E-state index in [1.807, 2.05) is 0 Å². The number of nitrogens with two attached hydrogens (primary N) is 1. The highest BCUT2D eigenvalue weighted by atomic mass is 35.5. The summed E-state index contributed by atoms with van der Waals surface area (Å²) in [7, 11) is 0. The third kappa shape index (κ3) is 3.45. The summed E-state index contributed by atoms with van der Waals surface area (Å²) in [5.74, 6) is -7.15. The second-order valence-corrected chi connectivity index (χ2v) is 3.54. The molecule has 0 aliphatic rings. The number of hydrogen-bond acceptors (Lipinski definition) is 5. The predicted octanol–water partition coefficient (Wildman–Crippen LogP) is 1.72. The summed E-state index contributed by atoms with van der Waals surface area (Å²) < 4.78 is 31.4. The van der Waals surface area contributed by atoms with Gasteiger partial charge < -0.3 is 20.7 Å². The fourth-order valence-corrected chi connectivity index (χ4v) is 1.35. The third-order valence-corrected chi connectivity index (χ3v) is 2.32. The van der Waals surface area contributed by atoms with Gasteiger partial charge in [0.1, 0.15) is 6.04 Å². The highest BCUT2D eigenvalue weighted by Gasteiger charge is 2.48. The number of carbonyl (C=O) groups excluding carboxylic acids is 1. The number of phenols is 2. The molecule has 108 valence electrons. The van der Waals surface area contributed by atoms with Crippen LogP contribution in [0.4, 0.5) is 8.78 Å². The van der Waals surface area contributed by atoms with Gasteiger partial charge in [0.05, 0.1) is 6.61 Å². The topological polar surface area (TPSA) is 92.8 Å². The van der Waals surface area contributed by atoms with Crippen molar-refractivity contribution < 1.29 is 28.5 Å². The van der Waals surface area contributed by atoms with Crippen LogP contribution in [0.1, 0.15) is 18.5 Å². The van der Waals surface area contributed by atoms with E-state index in [0.717, 1.165) is 12.1 Å². The summed E-state index contributed by atoms with van der Waals surface area (Å²) in [6, 6.07) is 1.32. The Kier molecular flexibility index (Phi) is 5.98. The van der Waals surface area contributed by atoms with Crippen LogP contribution in [0.2, 0.25) is 0 Å². The lowest BCUT2D eigenvalue weighted by Crippen LogP contribution is -2.41. The minimum atomic E-state index is -4.00. The van der Waals surface area contributed by atoms with Gasteiger partial charge in [-0.3, -0.25) is 0 Å². The van der Waals surface area contributed by atoms with Gasteiger partial charge in [0.25, 0.3) is 0 Å². The van der Waals surface area contributed by atoms with Crippen molar-refractivity contribution >= 4 is 18.4 Å². The Hall–Kier alpha value is -1.60. The molecule has 0 saturated carbocycles. The van der Waals surface area contributed by atoms with Gasteiger partial charge >= 0.3 is 11.9 Å². The molecule has 0 saturated heterocycles. The van der Waals surface area contributed by atoms with Gasteiger partial charge in [0.15, 0.2) is 11.5 Å². The third-order valence-electron chi connectivity index (χ3n) is 2.32. The molecule has 0 bridgehead atoms. The first-order valence-electron chi connectivity index (χ1n) is 5.13. The second-order valence-electron chi connectivity index (χ2n) is 3.54. The molecular formula is C11H14ClF2NO4. The number of halogens is 3. The maximum atomic E-state index is 13.6. The van der Waals surface area contributed by atoms with Crippen molar-refractivity contribution in [3.63, 3.8) is 0 Å². The van der Waals surface area contributed by atoms with E-state index < -0.39 is 35.0 Å². The van der Waals surface area contributed by atoms with Crippen LogP contribution in [0.3, 0.4) is 0 Å². The Morgan fingerprint density at radius 2 is 2.05 bits per heavy atom. The average molecular weight is 298 g/mol. The van der Waals surface area contributed by atoms with Crippen molar-refractivity contribution in [2.45, 2.75) is 18.9 Å².